The third kappa shape index (κ3) is 9.35. The van der Waals surface area contributed by atoms with Gasteiger partial charge in [-0.3, -0.25) is 14.0 Å². The van der Waals surface area contributed by atoms with Crippen molar-refractivity contribution in [3.05, 3.63) is 65.7 Å². The molecule has 0 aliphatic carbocycles. The summed E-state index contributed by atoms with van der Waals surface area (Å²) in [6, 6.07) is 11.3. The second-order valence-corrected chi connectivity index (χ2v) is 10.7. The molecule has 0 aliphatic heterocycles. The minimum atomic E-state index is -4.13. The lowest BCUT2D eigenvalue weighted by molar-refractivity contribution is -0.121. The summed E-state index contributed by atoms with van der Waals surface area (Å²) in [4.78, 5) is 35.1. The van der Waals surface area contributed by atoms with Gasteiger partial charge in [-0.15, -0.1) is 0 Å². The van der Waals surface area contributed by atoms with Crippen LogP contribution in [0.5, 0.6) is 11.5 Å². The Labute approximate surface area is 219 Å². The molecule has 2 aromatic rings. The number of carbonyl (C=O) groups excluding carboxylic acids is 2. The van der Waals surface area contributed by atoms with Crippen LogP contribution in [0.3, 0.4) is 0 Å². The summed E-state index contributed by atoms with van der Waals surface area (Å²) in [6.45, 7) is 4.58. The SMILES string of the molecule is COc1cc(CNC(=O)CCCC/C=C/C(C)C)ccc1OC(=O)c1ccccc1N(C)P(=O)(O)OC. The van der Waals surface area contributed by atoms with E-state index in [1.54, 1.807) is 30.3 Å². The van der Waals surface area contributed by atoms with Crippen LogP contribution in [-0.4, -0.2) is 38.0 Å². The number of methoxy groups -OCH3 is 1. The van der Waals surface area contributed by atoms with Gasteiger partial charge in [-0.2, -0.15) is 0 Å². The van der Waals surface area contributed by atoms with E-state index in [-0.39, 0.29) is 22.9 Å². The number of ether oxygens (including phenoxy) is 2. The zero-order valence-electron chi connectivity index (χ0n) is 22.1. The van der Waals surface area contributed by atoms with E-state index in [9.17, 15) is 19.0 Å². The highest BCUT2D eigenvalue weighted by Gasteiger charge is 2.29. The topological polar surface area (TPSA) is 114 Å². The van der Waals surface area contributed by atoms with Crippen LogP contribution in [-0.2, 0) is 20.4 Å². The summed E-state index contributed by atoms with van der Waals surface area (Å²) >= 11 is 0. The fraction of sp³-hybridized carbons (Fsp3) is 0.407. The highest BCUT2D eigenvalue weighted by molar-refractivity contribution is 7.54. The molecule has 1 atom stereocenters. The van der Waals surface area contributed by atoms with Crippen LogP contribution in [0.4, 0.5) is 5.69 Å². The molecule has 2 aromatic carbocycles. The van der Waals surface area contributed by atoms with Gasteiger partial charge >= 0.3 is 13.7 Å². The van der Waals surface area contributed by atoms with Crippen molar-refractivity contribution in [3.63, 3.8) is 0 Å². The largest absolute Gasteiger partial charge is 0.493 e. The van der Waals surface area contributed by atoms with Gasteiger partial charge in [0.15, 0.2) is 11.5 Å². The number of amides is 1. The molecule has 0 bridgehead atoms. The summed E-state index contributed by atoms with van der Waals surface area (Å²) in [6.07, 6.45) is 7.53. The van der Waals surface area contributed by atoms with Gasteiger partial charge in [-0.25, -0.2) is 9.36 Å². The number of anilines is 1. The van der Waals surface area contributed by atoms with E-state index < -0.39 is 13.7 Å². The lowest BCUT2D eigenvalue weighted by Crippen LogP contribution is -2.22. The summed E-state index contributed by atoms with van der Waals surface area (Å²) in [5.74, 6) is 0.262. The van der Waals surface area contributed by atoms with Crippen molar-refractivity contribution in [2.75, 3.05) is 25.9 Å². The van der Waals surface area contributed by atoms with Crippen LogP contribution >= 0.6 is 7.75 Å². The Bertz CT molecular complexity index is 1130. The van der Waals surface area contributed by atoms with Gasteiger partial charge in [0.25, 0.3) is 0 Å². The fourth-order valence-electron chi connectivity index (χ4n) is 3.45. The third-order valence-corrected chi connectivity index (χ3v) is 7.00. The lowest BCUT2D eigenvalue weighted by atomic mass is 10.1. The van der Waals surface area contributed by atoms with Crippen molar-refractivity contribution in [2.24, 2.45) is 5.92 Å². The van der Waals surface area contributed by atoms with E-state index >= 15 is 0 Å². The maximum Gasteiger partial charge on any atom is 0.432 e. The highest BCUT2D eigenvalue weighted by Crippen LogP contribution is 2.48. The number of para-hydroxylation sites is 1. The van der Waals surface area contributed by atoms with E-state index in [2.05, 4.69) is 35.8 Å². The van der Waals surface area contributed by atoms with Gasteiger partial charge in [0.05, 0.1) is 18.4 Å². The van der Waals surface area contributed by atoms with Crippen molar-refractivity contribution in [1.82, 2.24) is 5.32 Å². The van der Waals surface area contributed by atoms with Gasteiger partial charge in [-0.1, -0.05) is 44.2 Å². The summed E-state index contributed by atoms with van der Waals surface area (Å²) in [5, 5.41) is 2.90. The van der Waals surface area contributed by atoms with Gasteiger partial charge in [0.2, 0.25) is 5.91 Å². The van der Waals surface area contributed by atoms with Crippen molar-refractivity contribution in [3.8, 4) is 11.5 Å². The second kappa shape index (κ2) is 14.6. The molecule has 0 heterocycles. The number of allylic oxidation sites excluding steroid dienone is 2. The van der Waals surface area contributed by atoms with Crippen LogP contribution in [0.1, 0.15) is 55.5 Å². The first-order valence-corrected chi connectivity index (χ1v) is 13.7. The van der Waals surface area contributed by atoms with Crippen molar-refractivity contribution < 1.29 is 33.0 Å². The quantitative estimate of drug-likeness (QED) is 0.108. The molecule has 1 amide bonds. The Hall–Kier alpha value is -3.13. The molecule has 37 heavy (non-hydrogen) atoms. The Morgan fingerprint density at radius 3 is 2.51 bits per heavy atom. The van der Waals surface area contributed by atoms with Crippen LogP contribution < -0.4 is 19.5 Å². The van der Waals surface area contributed by atoms with Crippen LogP contribution in [0, 0.1) is 5.92 Å². The van der Waals surface area contributed by atoms with Crippen LogP contribution in [0.25, 0.3) is 0 Å². The Balaban J connectivity index is 2.00. The minimum absolute atomic E-state index is 0.0275. The Morgan fingerprint density at radius 2 is 1.84 bits per heavy atom. The van der Waals surface area contributed by atoms with Crippen molar-refractivity contribution in [1.29, 1.82) is 0 Å². The van der Waals surface area contributed by atoms with Gasteiger partial charge in [0.1, 0.15) is 0 Å². The number of unbranched alkanes of at least 4 members (excludes halogenated alkanes) is 2. The predicted molar refractivity (Wildman–Crippen MR) is 144 cm³/mol. The van der Waals surface area contributed by atoms with Crippen molar-refractivity contribution in [2.45, 2.75) is 46.1 Å². The van der Waals surface area contributed by atoms with E-state index in [1.165, 1.54) is 26.3 Å². The zero-order chi connectivity index (χ0) is 27.4. The highest BCUT2D eigenvalue weighted by atomic mass is 31.2. The average molecular weight is 533 g/mol. The third-order valence-electron chi connectivity index (χ3n) is 5.56. The number of benzene rings is 2. The van der Waals surface area contributed by atoms with E-state index in [0.717, 1.165) is 36.6 Å². The molecular weight excluding hydrogens is 495 g/mol. The molecule has 2 rings (SSSR count). The van der Waals surface area contributed by atoms with Gasteiger partial charge in [-0.05, 0) is 55.0 Å². The first-order chi connectivity index (χ1) is 17.6. The molecule has 0 saturated heterocycles. The number of nitrogens with zero attached hydrogens (tertiary/aromatic N) is 1. The molecule has 202 valence electrons. The smallest absolute Gasteiger partial charge is 0.432 e. The maximum atomic E-state index is 12.9. The lowest BCUT2D eigenvalue weighted by Gasteiger charge is -2.24. The maximum absolute atomic E-state index is 12.9. The molecule has 9 nitrogen and oxygen atoms in total. The monoisotopic (exact) mass is 532 g/mol. The van der Waals surface area contributed by atoms with Gasteiger partial charge < -0.3 is 19.7 Å². The van der Waals surface area contributed by atoms with E-state index in [1.807, 2.05) is 0 Å². The number of hydrogen-bond donors (Lipinski definition) is 2. The molecule has 0 aliphatic rings. The molecule has 1 unspecified atom stereocenters. The number of hydrogen-bond acceptors (Lipinski definition) is 6. The predicted octanol–water partition coefficient (Wildman–Crippen LogP) is 5.49. The molecule has 2 N–H and O–H groups in total. The van der Waals surface area contributed by atoms with E-state index in [0.29, 0.717) is 24.6 Å². The average Bonchev–Trinajstić information content (AvgIpc) is 2.89. The molecule has 0 radical (unpaired) electrons. The van der Waals surface area contributed by atoms with E-state index in [4.69, 9.17) is 9.47 Å². The molecule has 10 heteroatoms. The standard InChI is InChI=1S/C27H37N2O7P/c1-20(2)12-8-6-7-9-15-26(30)28-19-21-16-17-24(25(18-21)34-4)36-27(31)22-13-10-11-14-23(22)29(3)37(32,33)35-5/h8,10-14,16-18,20H,6-7,9,15,19H2,1-5H3,(H,28,30)(H,32,33)/b12-8+. The Morgan fingerprint density at radius 1 is 1.11 bits per heavy atom. The fourth-order valence-corrected chi connectivity index (χ4v) is 4.14. The summed E-state index contributed by atoms with van der Waals surface area (Å²) < 4.78 is 28.8. The van der Waals surface area contributed by atoms with Crippen LogP contribution in [0.15, 0.2) is 54.6 Å². The molecule has 0 saturated carbocycles. The molecule has 0 spiro atoms. The first-order valence-electron chi connectivity index (χ1n) is 12.1. The number of esters is 1. The zero-order valence-corrected chi connectivity index (χ0v) is 23.0. The minimum Gasteiger partial charge on any atom is -0.493 e. The molecule has 0 aromatic heterocycles. The number of nitrogens with one attached hydrogen (secondary N) is 1. The van der Waals surface area contributed by atoms with Crippen LogP contribution in [0.2, 0.25) is 0 Å². The second-order valence-electron chi connectivity index (χ2n) is 8.78. The molecular formula is C27H37N2O7P. The summed E-state index contributed by atoms with van der Waals surface area (Å²) in [7, 11) is -0.215. The first kappa shape index (κ1) is 30.1. The Kier molecular flexibility index (Phi) is 11.9. The summed E-state index contributed by atoms with van der Waals surface area (Å²) in [5.41, 5.74) is 1.04. The number of rotatable bonds is 14. The normalized spacial score (nSPS) is 12.8. The molecule has 0 fully saturated rings. The number of carbonyl (C=O) groups is 2. The van der Waals surface area contributed by atoms with Crippen molar-refractivity contribution >= 4 is 25.3 Å². The van der Waals surface area contributed by atoms with Gasteiger partial charge in [0, 0.05) is 27.1 Å².